The Morgan fingerprint density at radius 2 is 1.46 bits per heavy atom. The second kappa shape index (κ2) is 8.50. The van der Waals surface area contributed by atoms with E-state index in [1.807, 2.05) is 78.9 Å². The number of Topliss-reactive ketones (excluding diaryl/α,β-unsaturated/α-hetero) is 1. The second-order valence-corrected chi connectivity index (χ2v) is 5.61. The quantitative estimate of drug-likeness (QED) is 0.380. The van der Waals surface area contributed by atoms with Crippen LogP contribution >= 0.6 is 0 Å². The summed E-state index contributed by atoms with van der Waals surface area (Å²) in [6.07, 6.45) is 1.82. The topological polar surface area (TPSA) is 26.3 Å². The van der Waals surface area contributed by atoms with E-state index in [9.17, 15) is 4.79 Å². The van der Waals surface area contributed by atoms with Gasteiger partial charge < -0.3 is 4.74 Å². The number of para-hydroxylation sites is 1. The van der Waals surface area contributed by atoms with Crippen LogP contribution in [0.15, 0.2) is 90.5 Å². The molecule has 0 aliphatic heterocycles. The summed E-state index contributed by atoms with van der Waals surface area (Å²) < 4.78 is 5.33. The van der Waals surface area contributed by atoms with Crippen LogP contribution in [-0.2, 0) is 0 Å². The van der Waals surface area contributed by atoms with Gasteiger partial charge in [-0.25, -0.2) is 0 Å². The number of hydrogen-bond donors (Lipinski definition) is 0. The maximum atomic E-state index is 12.9. The Labute approximate surface area is 153 Å². The Hall–Kier alpha value is -3.57. The molecule has 0 spiro atoms. The molecular formula is C24H18O2. The van der Waals surface area contributed by atoms with Gasteiger partial charge in [-0.2, -0.15) is 0 Å². The van der Waals surface area contributed by atoms with Crippen molar-refractivity contribution in [2.24, 2.45) is 0 Å². The zero-order valence-corrected chi connectivity index (χ0v) is 14.5. The first-order chi connectivity index (χ1) is 12.8. The number of ether oxygens (including phenoxy) is 1. The maximum Gasteiger partial charge on any atom is 0.201 e. The maximum absolute atomic E-state index is 12.9. The van der Waals surface area contributed by atoms with E-state index in [-0.39, 0.29) is 5.78 Å². The zero-order valence-electron chi connectivity index (χ0n) is 14.5. The largest absolute Gasteiger partial charge is 0.495 e. The average molecular weight is 338 g/mol. The van der Waals surface area contributed by atoms with Crippen molar-refractivity contribution in [3.63, 3.8) is 0 Å². The fourth-order valence-corrected chi connectivity index (χ4v) is 2.50. The van der Waals surface area contributed by atoms with E-state index in [0.29, 0.717) is 16.9 Å². The van der Waals surface area contributed by atoms with E-state index in [1.54, 1.807) is 19.2 Å². The first-order valence-electron chi connectivity index (χ1n) is 8.29. The molecule has 26 heavy (non-hydrogen) atoms. The van der Waals surface area contributed by atoms with Gasteiger partial charge >= 0.3 is 0 Å². The van der Waals surface area contributed by atoms with Gasteiger partial charge in [0.05, 0.1) is 18.2 Å². The van der Waals surface area contributed by atoms with Crippen molar-refractivity contribution in [3.05, 3.63) is 107 Å². The zero-order chi connectivity index (χ0) is 18.2. The molecule has 0 heterocycles. The molecule has 0 amide bonds. The molecule has 0 aliphatic carbocycles. The smallest absolute Gasteiger partial charge is 0.201 e. The third-order valence-corrected chi connectivity index (χ3v) is 3.83. The summed E-state index contributed by atoms with van der Waals surface area (Å²) in [7, 11) is 1.61. The number of ketones is 1. The van der Waals surface area contributed by atoms with Crippen LogP contribution in [0.1, 0.15) is 21.5 Å². The van der Waals surface area contributed by atoms with Gasteiger partial charge in [0.1, 0.15) is 5.75 Å². The molecule has 0 saturated heterocycles. The van der Waals surface area contributed by atoms with Crippen LogP contribution in [0.2, 0.25) is 0 Å². The Balaban J connectivity index is 2.03. The van der Waals surface area contributed by atoms with Crippen LogP contribution in [0.4, 0.5) is 0 Å². The summed E-state index contributed by atoms with van der Waals surface area (Å²) >= 11 is 0. The molecule has 0 radical (unpaired) electrons. The van der Waals surface area contributed by atoms with E-state index in [1.165, 1.54) is 0 Å². The van der Waals surface area contributed by atoms with Crippen LogP contribution in [0.3, 0.4) is 0 Å². The third kappa shape index (κ3) is 4.28. The standard InChI is InChI=1S/C24H18O2/c1-26-23-15-9-8-12-20(23)16-17-22(18-19-10-4-2-5-11-19)24(25)21-13-6-3-7-14-21/h2-15,18H,1H3. The van der Waals surface area contributed by atoms with Gasteiger partial charge in [-0.15, -0.1) is 0 Å². The minimum Gasteiger partial charge on any atom is -0.495 e. The molecule has 0 aliphatic rings. The summed E-state index contributed by atoms with van der Waals surface area (Å²) in [6.45, 7) is 0. The second-order valence-electron chi connectivity index (χ2n) is 5.61. The lowest BCUT2D eigenvalue weighted by Gasteiger charge is -2.03. The minimum atomic E-state index is -0.100. The van der Waals surface area contributed by atoms with Crippen molar-refractivity contribution in [1.29, 1.82) is 0 Å². The summed E-state index contributed by atoms with van der Waals surface area (Å²) in [5.74, 6) is 6.70. The van der Waals surface area contributed by atoms with Crippen LogP contribution in [-0.4, -0.2) is 12.9 Å². The summed E-state index contributed by atoms with van der Waals surface area (Å²) in [6, 6.07) is 26.4. The van der Waals surface area contributed by atoms with Gasteiger partial charge in [0.2, 0.25) is 5.78 Å². The van der Waals surface area contributed by atoms with Crippen molar-refractivity contribution in [3.8, 4) is 17.6 Å². The van der Waals surface area contributed by atoms with Gasteiger partial charge in [-0.1, -0.05) is 84.6 Å². The van der Waals surface area contributed by atoms with Crippen molar-refractivity contribution in [1.82, 2.24) is 0 Å². The van der Waals surface area contributed by atoms with Crippen LogP contribution < -0.4 is 4.74 Å². The lowest BCUT2D eigenvalue weighted by molar-refractivity contribution is 0.104. The van der Waals surface area contributed by atoms with Crippen molar-refractivity contribution >= 4 is 11.9 Å². The number of hydrogen-bond acceptors (Lipinski definition) is 2. The van der Waals surface area contributed by atoms with Gasteiger partial charge in [-0.3, -0.25) is 4.79 Å². The number of allylic oxidation sites excluding steroid dienone is 1. The highest BCUT2D eigenvalue weighted by atomic mass is 16.5. The lowest BCUT2D eigenvalue weighted by atomic mass is 10.0. The number of methoxy groups -OCH3 is 1. The average Bonchev–Trinajstić information content (AvgIpc) is 2.72. The van der Waals surface area contributed by atoms with Crippen molar-refractivity contribution in [2.75, 3.05) is 7.11 Å². The Morgan fingerprint density at radius 3 is 2.15 bits per heavy atom. The van der Waals surface area contributed by atoms with Gasteiger partial charge in [-0.05, 0) is 23.8 Å². The Bertz CT molecular complexity index is 975. The molecule has 126 valence electrons. The van der Waals surface area contributed by atoms with Gasteiger partial charge in [0, 0.05) is 5.56 Å². The molecule has 0 atom stereocenters. The molecule has 0 bridgehead atoms. The molecule has 2 heteroatoms. The van der Waals surface area contributed by atoms with Gasteiger partial charge in [0.25, 0.3) is 0 Å². The molecular weight excluding hydrogens is 320 g/mol. The summed E-state index contributed by atoms with van der Waals surface area (Å²) in [4.78, 5) is 12.9. The molecule has 0 fully saturated rings. The fraction of sp³-hybridized carbons (Fsp3) is 0.0417. The summed E-state index contributed by atoms with van der Waals surface area (Å²) in [5.41, 5.74) is 2.73. The fourth-order valence-electron chi connectivity index (χ4n) is 2.50. The van der Waals surface area contributed by atoms with E-state index in [4.69, 9.17) is 4.74 Å². The first kappa shape index (κ1) is 17.3. The van der Waals surface area contributed by atoms with E-state index < -0.39 is 0 Å². The minimum absolute atomic E-state index is 0.100. The number of carbonyl (C=O) groups is 1. The van der Waals surface area contributed by atoms with E-state index in [2.05, 4.69) is 11.8 Å². The summed E-state index contributed by atoms with van der Waals surface area (Å²) in [5, 5.41) is 0. The van der Waals surface area contributed by atoms with E-state index in [0.717, 1.165) is 11.1 Å². The van der Waals surface area contributed by atoms with Crippen molar-refractivity contribution < 1.29 is 9.53 Å². The molecule has 3 aromatic rings. The highest BCUT2D eigenvalue weighted by molar-refractivity contribution is 6.14. The third-order valence-electron chi connectivity index (χ3n) is 3.83. The molecule has 3 rings (SSSR count). The predicted molar refractivity (Wildman–Crippen MR) is 105 cm³/mol. The number of carbonyl (C=O) groups excluding carboxylic acids is 1. The SMILES string of the molecule is COc1ccccc1C#CC(=Cc1ccccc1)C(=O)c1ccccc1. The highest BCUT2D eigenvalue weighted by Crippen LogP contribution is 2.17. The Morgan fingerprint density at radius 1 is 0.846 bits per heavy atom. The molecule has 0 N–H and O–H groups in total. The predicted octanol–water partition coefficient (Wildman–Crippen LogP) is 5.01. The van der Waals surface area contributed by atoms with Crippen LogP contribution in [0.25, 0.3) is 6.08 Å². The molecule has 0 aromatic heterocycles. The molecule has 0 unspecified atom stereocenters. The van der Waals surface area contributed by atoms with Crippen molar-refractivity contribution in [2.45, 2.75) is 0 Å². The highest BCUT2D eigenvalue weighted by Gasteiger charge is 2.10. The number of rotatable bonds is 4. The van der Waals surface area contributed by atoms with E-state index >= 15 is 0 Å². The van der Waals surface area contributed by atoms with Crippen LogP contribution in [0, 0.1) is 11.8 Å². The lowest BCUT2D eigenvalue weighted by Crippen LogP contribution is -2.02. The molecule has 3 aromatic carbocycles. The monoisotopic (exact) mass is 338 g/mol. The normalized spacial score (nSPS) is 10.6. The van der Waals surface area contributed by atoms with Gasteiger partial charge in [0.15, 0.2) is 0 Å². The number of benzene rings is 3. The molecule has 2 nitrogen and oxygen atoms in total. The first-order valence-corrected chi connectivity index (χ1v) is 8.29. The Kier molecular flexibility index (Phi) is 5.65. The molecule has 0 saturated carbocycles. The van der Waals surface area contributed by atoms with Crippen LogP contribution in [0.5, 0.6) is 5.75 Å².